The molecule has 0 aliphatic heterocycles. The average Bonchev–Trinajstić information content (AvgIpc) is 2.75. The lowest BCUT2D eigenvalue weighted by Gasteiger charge is -2.14. The maximum absolute atomic E-state index is 11.9. The average molecular weight is 247 g/mol. The number of amides is 1. The lowest BCUT2D eigenvalue weighted by molar-refractivity contribution is -0.162. The quantitative estimate of drug-likeness (QED) is 0.783. The van der Waals surface area contributed by atoms with E-state index in [0.29, 0.717) is 18.4 Å². The molecule has 3 unspecified atom stereocenters. The molecule has 0 aromatic carbocycles. The van der Waals surface area contributed by atoms with Gasteiger partial charge in [0.1, 0.15) is 0 Å². The van der Waals surface area contributed by atoms with Gasteiger partial charge in [0.2, 0.25) is 5.91 Å². The van der Waals surface area contributed by atoms with Crippen LogP contribution in [0.4, 0.5) is 13.2 Å². The number of nitrogens with one attached hydrogen (secondary N) is 1. The van der Waals surface area contributed by atoms with Crippen LogP contribution in [0.5, 0.6) is 0 Å². The lowest BCUT2D eigenvalue weighted by atomic mass is 10.2. The highest BCUT2D eigenvalue weighted by Gasteiger charge is 2.42. The summed E-state index contributed by atoms with van der Waals surface area (Å²) in [6, 6.07) is -2.41. The van der Waals surface area contributed by atoms with Crippen molar-refractivity contribution >= 4 is 18.3 Å². The molecule has 1 amide bonds. The van der Waals surface area contributed by atoms with Crippen LogP contribution < -0.4 is 11.1 Å². The van der Waals surface area contributed by atoms with Crippen LogP contribution in [0.2, 0.25) is 0 Å². The monoisotopic (exact) mass is 246 g/mol. The van der Waals surface area contributed by atoms with Gasteiger partial charge in [0, 0.05) is 6.54 Å². The molecule has 0 aromatic rings. The molecule has 1 rings (SSSR count). The number of hydrogen-bond acceptors (Lipinski definition) is 2. The summed E-state index contributed by atoms with van der Waals surface area (Å²) in [6.07, 6.45) is -3.69. The van der Waals surface area contributed by atoms with E-state index in [9.17, 15) is 18.0 Å². The standard InChI is InChI=1S/C8H13F3N2O.ClH/c1-4-2-5(4)3-13-7(14)6(12)8(9,10)11;/h4-6H,2-3,12H2,1H3,(H,13,14);1H. The first-order valence-corrected chi connectivity index (χ1v) is 4.42. The number of carbonyl (C=O) groups is 1. The van der Waals surface area contributed by atoms with Crippen molar-refractivity contribution in [3.63, 3.8) is 0 Å². The molecule has 1 fully saturated rings. The van der Waals surface area contributed by atoms with Gasteiger partial charge in [-0.15, -0.1) is 12.4 Å². The van der Waals surface area contributed by atoms with Crippen molar-refractivity contribution in [2.75, 3.05) is 6.54 Å². The predicted molar refractivity (Wildman–Crippen MR) is 51.6 cm³/mol. The second kappa shape index (κ2) is 5.03. The molecular formula is C8H14ClF3N2O. The van der Waals surface area contributed by atoms with E-state index < -0.39 is 18.1 Å². The number of alkyl halides is 3. The van der Waals surface area contributed by atoms with E-state index in [0.717, 1.165) is 6.42 Å². The Hall–Kier alpha value is -0.490. The fourth-order valence-corrected chi connectivity index (χ4v) is 1.17. The zero-order valence-corrected chi connectivity index (χ0v) is 8.99. The molecule has 1 aliphatic carbocycles. The van der Waals surface area contributed by atoms with Gasteiger partial charge in [-0.05, 0) is 18.3 Å². The van der Waals surface area contributed by atoms with Crippen molar-refractivity contribution in [3.8, 4) is 0 Å². The van der Waals surface area contributed by atoms with E-state index in [1.54, 1.807) is 0 Å². The van der Waals surface area contributed by atoms with Crippen molar-refractivity contribution in [2.24, 2.45) is 17.6 Å². The molecule has 0 bridgehead atoms. The van der Waals surface area contributed by atoms with E-state index in [2.05, 4.69) is 5.32 Å². The molecule has 3 nitrogen and oxygen atoms in total. The molecule has 15 heavy (non-hydrogen) atoms. The van der Waals surface area contributed by atoms with Crippen molar-refractivity contribution in [2.45, 2.75) is 25.6 Å². The summed E-state index contributed by atoms with van der Waals surface area (Å²) in [7, 11) is 0. The van der Waals surface area contributed by atoms with Crippen LogP contribution in [0.1, 0.15) is 13.3 Å². The van der Waals surface area contributed by atoms with Crippen molar-refractivity contribution in [3.05, 3.63) is 0 Å². The Morgan fingerprint density at radius 2 is 2.07 bits per heavy atom. The molecule has 1 aliphatic rings. The van der Waals surface area contributed by atoms with Crippen LogP contribution in [0.3, 0.4) is 0 Å². The maximum Gasteiger partial charge on any atom is 0.412 e. The first-order chi connectivity index (χ1) is 6.32. The maximum atomic E-state index is 11.9. The smallest absolute Gasteiger partial charge is 0.354 e. The van der Waals surface area contributed by atoms with E-state index in [1.165, 1.54) is 0 Å². The fraction of sp³-hybridized carbons (Fsp3) is 0.875. The molecule has 90 valence electrons. The van der Waals surface area contributed by atoms with E-state index in [-0.39, 0.29) is 12.4 Å². The van der Waals surface area contributed by atoms with E-state index in [4.69, 9.17) is 5.73 Å². The predicted octanol–water partition coefficient (Wildman–Crippen LogP) is 1.07. The molecule has 3 atom stereocenters. The Morgan fingerprint density at radius 1 is 1.60 bits per heavy atom. The van der Waals surface area contributed by atoms with Gasteiger partial charge in [-0.3, -0.25) is 4.79 Å². The summed E-state index contributed by atoms with van der Waals surface area (Å²) in [5.74, 6) is -0.326. The zero-order valence-electron chi connectivity index (χ0n) is 8.17. The third-order valence-corrected chi connectivity index (χ3v) is 2.45. The lowest BCUT2D eigenvalue weighted by Crippen LogP contribution is -2.50. The van der Waals surface area contributed by atoms with Gasteiger partial charge in [0.05, 0.1) is 0 Å². The molecule has 0 radical (unpaired) electrons. The van der Waals surface area contributed by atoms with Crippen LogP contribution in [0.25, 0.3) is 0 Å². The molecule has 1 saturated carbocycles. The van der Waals surface area contributed by atoms with Crippen molar-refractivity contribution in [1.82, 2.24) is 5.32 Å². The molecule has 0 heterocycles. The Morgan fingerprint density at radius 3 is 2.40 bits per heavy atom. The second-order valence-electron chi connectivity index (χ2n) is 3.74. The van der Waals surface area contributed by atoms with Gasteiger partial charge < -0.3 is 11.1 Å². The van der Waals surface area contributed by atoms with Crippen LogP contribution in [0, 0.1) is 11.8 Å². The number of carbonyl (C=O) groups excluding carboxylic acids is 1. The van der Waals surface area contributed by atoms with Crippen molar-refractivity contribution in [1.29, 1.82) is 0 Å². The van der Waals surface area contributed by atoms with E-state index >= 15 is 0 Å². The highest BCUT2D eigenvalue weighted by molar-refractivity contribution is 5.85. The van der Waals surface area contributed by atoms with Gasteiger partial charge in [0.25, 0.3) is 0 Å². The number of hydrogen-bond donors (Lipinski definition) is 2. The summed E-state index contributed by atoms with van der Waals surface area (Å²) in [5.41, 5.74) is 4.70. The number of halogens is 4. The zero-order chi connectivity index (χ0) is 10.9. The molecule has 3 N–H and O–H groups in total. The normalized spacial score (nSPS) is 26.5. The summed E-state index contributed by atoms with van der Waals surface area (Å²) in [5, 5.41) is 2.20. The summed E-state index contributed by atoms with van der Waals surface area (Å²) < 4.78 is 35.8. The Labute approximate surface area is 92.0 Å². The van der Waals surface area contributed by atoms with Gasteiger partial charge in [-0.1, -0.05) is 6.92 Å². The largest absolute Gasteiger partial charge is 0.412 e. The molecule has 0 saturated heterocycles. The fourth-order valence-electron chi connectivity index (χ4n) is 1.17. The Bertz CT molecular complexity index is 234. The molecular weight excluding hydrogens is 233 g/mol. The second-order valence-corrected chi connectivity index (χ2v) is 3.74. The summed E-state index contributed by atoms with van der Waals surface area (Å²) >= 11 is 0. The topological polar surface area (TPSA) is 55.1 Å². The third kappa shape index (κ3) is 4.25. The molecule has 7 heteroatoms. The van der Waals surface area contributed by atoms with E-state index in [1.807, 2.05) is 6.92 Å². The third-order valence-electron chi connectivity index (χ3n) is 2.45. The van der Waals surface area contributed by atoms with Crippen LogP contribution in [-0.4, -0.2) is 24.7 Å². The van der Waals surface area contributed by atoms with Crippen molar-refractivity contribution < 1.29 is 18.0 Å². The van der Waals surface area contributed by atoms with Gasteiger partial charge in [0.15, 0.2) is 6.04 Å². The number of rotatable bonds is 3. The van der Waals surface area contributed by atoms with Crippen LogP contribution in [0.15, 0.2) is 0 Å². The SMILES string of the molecule is CC1CC1CNC(=O)C(N)C(F)(F)F.Cl. The Kier molecular flexibility index (Phi) is 4.86. The van der Waals surface area contributed by atoms with Crippen LogP contribution in [-0.2, 0) is 4.79 Å². The molecule has 0 aromatic heterocycles. The van der Waals surface area contributed by atoms with Gasteiger partial charge in [-0.2, -0.15) is 13.2 Å². The summed E-state index contributed by atoms with van der Waals surface area (Å²) in [4.78, 5) is 10.9. The summed E-state index contributed by atoms with van der Waals surface area (Å²) in [6.45, 7) is 2.28. The highest BCUT2D eigenvalue weighted by atomic mass is 35.5. The number of nitrogens with two attached hydrogens (primary N) is 1. The Balaban J connectivity index is 0.00000196. The minimum atomic E-state index is -4.65. The highest BCUT2D eigenvalue weighted by Crippen LogP contribution is 2.36. The minimum Gasteiger partial charge on any atom is -0.354 e. The van der Waals surface area contributed by atoms with Gasteiger partial charge >= 0.3 is 6.18 Å². The first kappa shape index (κ1) is 14.5. The first-order valence-electron chi connectivity index (χ1n) is 4.42. The van der Waals surface area contributed by atoms with Gasteiger partial charge in [-0.25, -0.2) is 0 Å². The van der Waals surface area contributed by atoms with Crippen LogP contribution >= 0.6 is 12.4 Å². The molecule has 0 spiro atoms. The minimum absolute atomic E-state index is 0.